The summed E-state index contributed by atoms with van der Waals surface area (Å²) >= 11 is 1.82. The Balaban J connectivity index is 1.36. The number of methoxy groups -OCH3 is 1. The van der Waals surface area contributed by atoms with Crippen LogP contribution in [-0.2, 0) is 22.6 Å². The molecule has 0 unspecified atom stereocenters. The number of thiophene rings is 1. The van der Waals surface area contributed by atoms with Crippen LogP contribution in [0.5, 0.6) is 0 Å². The van der Waals surface area contributed by atoms with Gasteiger partial charge in [-0.2, -0.15) is 0 Å². The first-order valence-electron chi connectivity index (χ1n) is 9.27. The molecule has 0 spiro atoms. The molecule has 1 aliphatic heterocycles. The summed E-state index contributed by atoms with van der Waals surface area (Å²) in [4.78, 5) is 28.0. The van der Waals surface area contributed by atoms with Gasteiger partial charge < -0.3 is 19.9 Å². The maximum atomic E-state index is 12.2. The van der Waals surface area contributed by atoms with Gasteiger partial charge >= 0.3 is 5.97 Å². The van der Waals surface area contributed by atoms with Crippen molar-refractivity contribution in [2.75, 3.05) is 39.8 Å². The molecule has 0 atom stereocenters. The fraction of sp³-hybridized carbons (Fsp3) is 0.400. The number of hydrogen-bond donors (Lipinski definition) is 3. The van der Waals surface area contributed by atoms with Crippen LogP contribution in [0, 0.1) is 0 Å². The third-order valence-corrected chi connectivity index (χ3v) is 5.82. The number of amides is 1. The van der Waals surface area contributed by atoms with Crippen molar-refractivity contribution in [2.45, 2.75) is 13.1 Å². The first-order valence-corrected chi connectivity index (χ1v) is 10.2. The van der Waals surface area contributed by atoms with Gasteiger partial charge in [0.25, 0.3) is 5.91 Å². The van der Waals surface area contributed by atoms with Crippen molar-refractivity contribution in [3.63, 3.8) is 0 Å². The summed E-state index contributed by atoms with van der Waals surface area (Å²) in [5.41, 5.74) is 1.48. The first kappa shape index (κ1) is 19.5. The Morgan fingerprint density at radius 1 is 1.07 bits per heavy atom. The van der Waals surface area contributed by atoms with Gasteiger partial charge in [0.2, 0.25) is 0 Å². The zero-order valence-electron chi connectivity index (χ0n) is 15.6. The number of hydrogen-bond acceptors (Lipinski definition) is 4. The van der Waals surface area contributed by atoms with Gasteiger partial charge in [-0.05, 0) is 29.1 Å². The highest BCUT2D eigenvalue weighted by Gasteiger charge is 2.24. The van der Waals surface area contributed by atoms with Crippen molar-refractivity contribution in [1.29, 1.82) is 0 Å². The number of quaternary nitrogens is 2. The van der Waals surface area contributed by atoms with Crippen LogP contribution < -0.4 is 15.1 Å². The van der Waals surface area contributed by atoms with Crippen LogP contribution in [0.3, 0.4) is 0 Å². The van der Waals surface area contributed by atoms with Gasteiger partial charge in [0.05, 0.1) is 17.6 Å². The molecule has 1 aromatic carbocycles. The van der Waals surface area contributed by atoms with Crippen molar-refractivity contribution in [3.8, 4) is 0 Å². The number of piperazine rings is 1. The SMILES string of the molecule is COC(=O)c1ccc(CNC(=O)C[NH+]2CC[NH+](Cc3cccs3)CC2)cc1. The summed E-state index contributed by atoms with van der Waals surface area (Å²) in [6, 6.07) is 11.4. The standard InChI is InChI=1S/C20H25N3O3S/c1-26-20(25)17-6-4-16(5-7-17)13-21-19(24)15-23-10-8-22(9-11-23)14-18-3-2-12-27-18/h2-7,12H,8-11,13-15H2,1H3,(H,21,24)/p+2. The normalized spacial score (nSPS) is 19.4. The molecular weight excluding hydrogens is 362 g/mol. The number of rotatable bonds is 7. The van der Waals surface area contributed by atoms with E-state index in [1.807, 2.05) is 23.5 Å². The molecule has 1 amide bonds. The van der Waals surface area contributed by atoms with Crippen molar-refractivity contribution < 1.29 is 24.1 Å². The van der Waals surface area contributed by atoms with Crippen LogP contribution in [0.25, 0.3) is 0 Å². The summed E-state index contributed by atoms with van der Waals surface area (Å²) in [6.45, 7) is 6.36. The van der Waals surface area contributed by atoms with E-state index >= 15 is 0 Å². The Morgan fingerprint density at radius 3 is 2.41 bits per heavy atom. The predicted molar refractivity (Wildman–Crippen MR) is 104 cm³/mol. The minimum absolute atomic E-state index is 0.0729. The number of benzene rings is 1. The highest BCUT2D eigenvalue weighted by Crippen LogP contribution is 2.06. The number of nitrogens with one attached hydrogen (secondary N) is 3. The predicted octanol–water partition coefficient (Wildman–Crippen LogP) is -0.865. The van der Waals surface area contributed by atoms with E-state index in [4.69, 9.17) is 0 Å². The van der Waals surface area contributed by atoms with Crippen LogP contribution in [-0.4, -0.2) is 51.7 Å². The second-order valence-corrected chi connectivity index (χ2v) is 7.93. The maximum Gasteiger partial charge on any atom is 0.337 e. The Hall–Kier alpha value is -2.22. The Morgan fingerprint density at radius 2 is 1.78 bits per heavy atom. The molecular formula is C20H27N3O3S+2. The third-order valence-electron chi connectivity index (χ3n) is 4.94. The molecule has 1 saturated heterocycles. The van der Waals surface area contributed by atoms with Crippen LogP contribution >= 0.6 is 11.3 Å². The van der Waals surface area contributed by atoms with E-state index in [1.165, 1.54) is 16.9 Å². The molecule has 0 bridgehead atoms. The van der Waals surface area contributed by atoms with Gasteiger partial charge in [-0.3, -0.25) is 4.79 Å². The molecule has 0 aliphatic carbocycles. The largest absolute Gasteiger partial charge is 0.465 e. The second-order valence-electron chi connectivity index (χ2n) is 6.90. The fourth-order valence-corrected chi connectivity index (χ4v) is 4.11. The summed E-state index contributed by atoms with van der Waals surface area (Å²) < 4.78 is 4.68. The minimum atomic E-state index is -0.352. The molecule has 2 aromatic rings. The van der Waals surface area contributed by atoms with Crippen molar-refractivity contribution >= 4 is 23.2 Å². The Bertz CT molecular complexity index is 738. The molecule has 144 valence electrons. The molecule has 7 heteroatoms. The summed E-state index contributed by atoms with van der Waals surface area (Å²) in [5.74, 6) is -0.279. The second kappa shape index (κ2) is 9.64. The lowest BCUT2D eigenvalue weighted by molar-refractivity contribution is -1.01. The first-order chi connectivity index (χ1) is 13.1. The molecule has 2 heterocycles. The average Bonchev–Trinajstić information content (AvgIpc) is 3.21. The van der Waals surface area contributed by atoms with Crippen molar-refractivity contribution in [1.82, 2.24) is 5.32 Å². The summed E-state index contributed by atoms with van der Waals surface area (Å²) in [5, 5.41) is 5.10. The fourth-order valence-electron chi connectivity index (χ4n) is 3.34. The zero-order valence-corrected chi connectivity index (χ0v) is 16.4. The highest BCUT2D eigenvalue weighted by molar-refractivity contribution is 7.09. The van der Waals surface area contributed by atoms with E-state index in [2.05, 4.69) is 27.6 Å². The minimum Gasteiger partial charge on any atom is -0.465 e. The molecule has 6 nitrogen and oxygen atoms in total. The molecule has 3 rings (SSSR count). The van der Waals surface area contributed by atoms with Gasteiger partial charge in [-0.25, -0.2) is 4.79 Å². The maximum absolute atomic E-state index is 12.2. The number of esters is 1. The Kier molecular flexibility index (Phi) is 6.98. The molecule has 0 radical (unpaired) electrons. The average molecular weight is 390 g/mol. The van der Waals surface area contributed by atoms with E-state index in [1.54, 1.807) is 17.0 Å². The molecule has 1 aromatic heterocycles. The quantitative estimate of drug-likeness (QED) is 0.540. The van der Waals surface area contributed by atoms with E-state index in [0.29, 0.717) is 18.7 Å². The van der Waals surface area contributed by atoms with Gasteiger partial charge in [0.15, 0.2) is 6.54 Å². The monoisotopic (exact) mass is 389 g/mol. The van der Waals surface area contributed by atoms with Crippen LogP contribution in [0.1, 0.15) is 20.8 Å². The lowest BCUT2D eigenvalue weighted by atomic mass is 10.1. The van der Waals surface area contributed by atoms with Crippen LogP contribution in [0.2, 0.25) is 0 Å². The number of carbonyl (C=O) groups excluding carboxylic acids is 2. The molecule has 0 saturated carbocycles. The lowest BCUT2D eigenvalue weighted by Gasteiger charge is -2.29. The molecule has 27 heavy (non-hydrogen) atoms. The van der Waals surface area contributed by atoms with Gasteiger partial charge in [-0.1, -0.05) is 18.2 Å². The van der Waals surface area contributed by atoms with Gasteiger partial charge in [0.1, 0.15) is 32.7 Å². The Labute approximate surface area is 163 Å². The lowest BCUT2D eigenvalue weighted by Crippen LogP contribution is -3.28. The molecule has 3 N–H and O–H groups in total. The summed E-state index contributed by atoms with van der Waals surface area (Å²) in [6.07, 6.45) is 0. The smallest absolute Gasteiger partial charge is 0.337 e. The number of carbonyl (C=O) groups is 2. The van der Waals surface area contributed by atoms with E-state index < -0.39 is 0 Å². The third kappa shape index (κ3) is 5.89. The topological polar surface area (TPSA) is 64.3 Å². The van der Waals surface area contributed by atoms with E-state index in [0.717, 1.165) is 38.3 Å². The molecule has 1 fully saturated rings. The summed E-state index contributed by atoms with van der Waals surface area (Å²) in [7, 11) is 1.36. The van der Waals surface area contributed by atoms with Crippen molar-refractivity contribution in [3.05, 3.63) is 57.8 Å². The zero-order chi connectivity index (χ0) is 19.1. The molecule has 1 aliphatic rings. The highest BCUT2D eigenvalue weighted by atomic mass is 32.1. The van der Waals surface area contributed by atoms with Gasteiger partial charge in [-0.15, -0.1) is 11.3 Å². The van der Waals surface area contributed by atoms with Crippen molar-refractivity contribution in [2.24, 2.45) is 0 Å². The van der Waals surface area contributed by atoms with Gasteiger partial charge in [0, 0.05) is 6.54 Å². The van der Waals surface area contributed by atoms with Crippen LogP contribution in [0.4, 0.5) is 0 Å². The van der Waals surface area contributed by atoms with E-state index in [9.17, 15) is 9.59 Å². The van der Waals surface area contributed by atoms with Crippen LogP contribution in [0.15, 0.2) is 41.8 Å². The van der Waals surface area contributed by atoms with E-state index in [-0.39, 0.29) is 11.9 Å². The number of ether oxygens (including phenoxy) is 1.